The quantitative estimate of drug-likeness (QED) is 0.370. The van der Waals surface area contributed by atoms with Crippen LogP contribution < -0.4 is 9.80 Å². The predicted molar refractivity (Wildman–Crippen MR) is 129 cm³/mol. The fraction of sp³-hybridized carbons (Fsp3) is 0.0370. The molecule has 7 heteroatoms. The van der Waals surface area contributed by atoms with E-state index in [0.717, 1.165) is 15.2 Å². The summed E-state index contributed by atoms with van der Waals surface area (Å²) >= 11 is 6.01. The van der Waals surface area contributed by atoms with Crippen LogP contribution in [0.25, 0.3) is 10.8 Å². The van der Waals surface area contributed by atoms with Crippen molar-refractivity contribution in [2.24, 2.45) is 0 Å². The van der Waals surface area contributed by atoms with Crippen LogP contribution in [-0.2, 0) is 0 Å². The van der Waals surface area contributed by atoms with Gasteiger partial charge in [0.25, 0.3) is 23.6 Å². The molecule has 0 aliphatic carbocycles. The monoisotopic (exact) mass is 466 g/mol. The Labute approximate surface area is 199 Å². The van der Waals surface area contributed by atoms with Crippen LogP contribution in [-0.4, -0.2) is 23.6 Å². The summed E-state index contributed by atoms with van der Waals surface area (Å²) in [6.45, 7) is 1.73. The van der Waals surface area contributed by atoms with Gasteiger partial charge in [-0.3, -0.25) is 19.2 Å². The second-order valence-electron chi connectivity index (χ2n) is 8.26. The molecule has 0 unspecified atom stereocenters. The highest BCUT2D eigenvalue weighted by molar-refractivity contribution is 6.38. The Morgan fingerprint density at radius 1 is 0.618 bits per heavy atom. The third-order valence-electron chi connectivity index (χ3n) is 6.30. The van der Waals surface area contributed by atoms with E-state index in [1.54, 1.807) is 55.5 Å². The molecule has 4 aromatic carbocycles. The maximum absolute atomic E-state index is 13.3. The molecule has 2 aliphatic rings. The highest BCUT2D eigenvalue weighted by Gasteiger charge is 2.38. The molecule has 0 aromatic heterocycles. The van der Waals surface area contributed by atoms with Crippen molar-refractivity contribution in [1.29, 1.82) is 0 Å². The van der Waals surface area contributed by atoms with Crippen LogP contribution in [0.4, 0.5) is 11.4 Å². The van der Waals surface area contributed by atoms with E-state index in [-0.39, 0.29) is 11.1 Å². The first-order chi connectivity index (χ1) is 16.4. The Morgan fingerprint density at radius 3 is 1.88 bits per heavy atom. The Balaban J connectivity index is 1.42. The van der Waals surface area contributed by atoms with E-state index in [1.807, 2.05) is 12.1 Å². The smallest absolute Gasteiger partial charge is 0.266 e. The van der Waals surface area contributed by atoms with E-state index in [9.17, 15) is 19.2 Å². The third kappa shape index (κ3) is 2.69. The highest BCUT2D eigenvalue weighted by atomic mass is 35.5. The summed E-state index contributed by atoms with van der Waals surface area (Å²) in [5.74, 6) is -1.75. The van der Waals surface area contributed by atoms with Gasteiger partial charge >= 0.3 is 0 Å². The van der Waals surface area contributed by atoms with Crippen molar-refractivity contribution in [3.63, 3.8) is 0 Å². The first kappa shape index (κ1) is 20.3. The van der Waals surface area contributed by atoms with Crippen LogP contribution in [0, 0.1) is 6.92 Å². The molecule has 164 valence electrons. The second-order valence-corrected chi connectivity index (χ2v) is 8.70. The number of nitrogens with zero attached hydrogens (tertiary/aromatic N) is 2. The zero-order valence-electron chi connectivity index (χ0n) is 17.8. The molecule has 0 radical (unpaired) electrons. The van der Waals surface area contributed by atoms with Gasteiger partial charge in [0, 0.05) is 21.5 Å². The summed E-state index contributed by atoms with van der Waals surface area (Å²) in [5, 5.41) is 1.84. The molecule has 0 saturated carbocycles. The lowest BCUT2D eigenvalue weighted by atomic mass is 9.93. The zero-order chi connectivity index (χ0) is 23.7. The SMILES string of the molecule is Cc1cc(N2C(=O)c3cccc4cccc(c34)C2=O)ccc1N1C(=O)c2ccc(Cl)cc2C1=O. The summed E-state index contributed by atoms with van der Waals surface area (Å²) in [6, 6.07) is 20.1. The van der Waals surface area contributed by atoms with Crippen molar-refractivity contribution in [3.8, 4) is 0 Å². The summed E-state index contributed by atoms with van der Waals surface area (Å²) in [6.07, 6.45) is 0. The minimum Gasteiger partial charge on any atom is -0.268 e. The average Bonchev–Trinajstić information content (AvgIpc) is 3.07. The molecule has 0 saturated heterocycles. The maximum Gasteiger partial charge on any atom is 0.266 e. The minimum atomic E-state index is -0.468. The molecule has 6 rings (SSSR count). The van der Waals surface area contributed by atoms with Crippen LogP contribution in [0.2, 0.25) is 5.02 Å². The largest absolute Gasteiger partial charge is 0.268 e. The van der Waals surface area contributed by atoms with E-state index in [1.165, 1.54) is 12.1 Å². The Kier molecular flexibility index (Phi) is 4.25. The standard InChI is InChI=1S/C27H15ClN2O4/c1-14-12-17(9-11-22(14)30-24(31)18-10-8-16(28)13-21(18)27(30)34)29-25(32)19-6-2-4-15-5-3-7-20(23(15)19)26(29)33/h2-13H,1H3. The number of hydrogen-bond donors (Lipinski definition) is 0. The van der Waals surface area contributed by atoms with Gasteiger partial charge < -0.3 is 0 Å². The molecular formula is C27H15ClN2O4. The molecule has 2 heterocycles. The third-order valence-corrected chi connectivity index (χ3v) is 6.53. The number of rotatable bonds is 2. The van der Waals surface area contributed by atoms with Crippen LogP contribution in [0.5, 0.6) is 0 Å². The van der Waals surface area contributed by atoms with Gasteiger partial charge in [-0.25, -0.2) is 9.80 Å². The van der Waals surface area contributed by atoms with E-state index in [2.05, 4.69) is 0 Å². The highest BCUT2D eigenvalue weighted by Crippen LogP contribution is 2.36. The number of benzene rings is 4. The predicted octanol–water partition coefficient (Wildman–Crippen LogP) is 5.40. The molecule has 0 bridgehead atoms. The lowest BCUT2D eigenvalue weighted by Gasteiger charge is -2.28. The van der Waals surface area contributed by atoms with Gasteiger partial charge in [0.05, 0.1) is 22.5 Å². The van der Waals surface area contributed by atoms with Gasteiger partial charge in [-0.05, 0) is 66.4 Å². The zero-order valence-corrected chi connectivity index (χ0v) is 18.6. The van der Waals surface area contributed by atoms with Crippen molar-refractivity contribution < 1.29 is 19.2 Å². The topological polar surface area (TPSA) is 74.8 Å². The fourth-order valence-corrected chi connectivity index (χ4v) is 4.90. The van der Waals surface area contributed by atoms with Gasteiger partial charge in [-0.2, -0.15) is 0 Å². The summed E-state index contributed by atoms with van der Waals surface area (Å²) in [5.41, 5.74) is 2.73. The van der Waals surface area contributed by atoms with Crippen molar-refractivity contribution in [3.05, 3.63) is 106 Å². The molecule has 4 amide bonds. The molecule has 6 nitrogen and oxygen atoms in total. The normalized spacial score (nSPS) is 14.9. The molecule has 0 spiro atoms. The van der Waals surface area contributed by atoms with Crippen molar-refractivity contribution in [2.45, 2.75) is 6.92 Å². The molecule has 0 N–H and O–H groups in total. The lowest BCUT2D eigenvalue weighted by molar-refractivity contribution is 0.0886. The molecule has 0 atom stereocenters. The first-order valence-corrected chi connectivity index (χ1v) is 10.9. The number of aryl methyl sites for hydroxylation is 1. The van der Waals surface area contributed by atoms with Crippen molar-refractivity contribution in [1.82, 2.24) is 0 Å². The second kappa shape index (κ2) is 7.10. The van der Waals surface area contributed by atoms with Gasteiger partial charge in [-0.1, -0.05) is 35.9 Å². The van der Waals surface area contributed by atoms with Crippen LogP contribution in [0.15, 0.2) is 72.8 Å². The summed E-state index contributed by atoms with van der Waals surface area (Å²) in [7, 11) is 0. The average molecular weight is 467 g/mol. The number of carbonyl (C=O) groups excluding carboxylic acids is 4. The lowest BCUT2D eigenvalue weighted by Crippen LogP contribution is -2.40. The van der Waals surface area contributed by atoms with Crippen LogP contribution >= 0.6 is 11.6 Å². The Hall–Kier alpha value is -4.29. The number of fused-ring (bicyclic) bond motifs is 1. The van der Waals surface area contributed by atoms with E-state index in [0.29, 0.717) is 38.5 Å². The molecule has 4 aromatic rings. The maximum atomic E-state index is 13.3. The van der Waals surface area contributed by atoms with Crippen LogP contribution in [0.3, 0.4) is 0 Å². The van der Waals surface area contributed by atoms with Gasteiger partial charge in [0.15, 0.2) is 0 Å². The molecule has 2 aliphatic heterocycles. The summed E-state index contributed by atoms with van der Waals surface area (Å²) in [4.78, 5) is 54.8. The number of hydrogen-bond acceptors (Lipinski definition) is 4. The van der Waals surface area contributed by atoms with Crippen LogP contribution in [0.1, 0.15) is 47.0 Å². The number of halogens is 1. The number of carbonyl (C=O) groups is 4. The number of imide groups is 2. The first-order valence-electron chi connectivity index (χ1n) is 10.6. The van der Waals surface area contributed by atoms with Gasteiger partial charge in [0.1, 0.15) is 0 Å². The minimum absolute atomic E-state index is 0.243. The van der Waals surface area contributed by atoms with Crippen molar-refractivity contribution in [2.75, 3.05) is 9.80 Å². The Bertz CT molecular complexity index is 1570. The number of amides is 4. The van der Waals surface area contributed by atoms with E-state index < -0.39 is 23.6 Å². The van der Waals surface area contributed by atoms with E-state index in [4.69, 9.17) is 11.6 Å². The molecular weight excluding hydrogens is 452 g/mol. The van der Waals surface area contributed by atoms with E-state index >= 15 is 0 Å². The number of anilines is 2. The fourth-order valence-electron chi connectivity index (χ4n) is 4.73. The van der Waals surface area contributed by atoms with Gasteiger partial charge in [-0.15, -0.1) is 0 Å². The Morgan fingerprint density at radius 2 is 1.24 bits per heavy atom. The van der Waals surface area contributed by atoms with Gasteiger partial charge in [0.2, 0.25) is 0 Å². The molecule has 34 heavy (non-hydrogen) atoms. The van der Waals surface area contributed by atoms with Crippen molar-refractivity contribution >= 4 is 57.4 Å². The summed E-state index contributed by atoms with van der Waals surface area (Å²) < 4.78 is 0. The molecule has 0 fully saturated rings.